The molecular weight excluding hydrogens is 396 g/mol. The van der Waals surface area contributed by atoms with Gasteiger partial charge >= 0.3 is 12.0 Å². The second-order valence-electron chi connectivity index (χ2n) is 7.24. The Hall–Kier alpha value is -3.81. The van der Waals surface area contributed by atoms with E-state index in [2.05, 4.69) is 15.6 Å². The zero-order valence-electron chi connectivity index (χ0n) is 17.5. The van der Waals surface area contributed by atoms with Crippen molar-refractivity contribution in [2.75, 3.05) is 5.32 Å². The van der Waals surface area contributed by atoms with Crippen LogP contribution in [0.5, 0.6) is 0 Å². The summed E-state index contributed by atoms with van der Waals surface area (Å²) in [6, 6.07) is 13.1. The summed E-state index contributed by atoms with van der Waals surface area (Å²) in [6.07, 6.45) is 1.77. The SMILES string of the molecule is CCc1ccc(NC(=O)C(C)OC(=O)C(Cc2c[nH]c3ccccc23)NC(N)=O)cc1. The summed E-state index contributed by atoms with van der Waals surface area (Å²) in [5.41, 5.74) is 8.73. The quantitative estimate of drug-likeness (QED) is 0.416. The Morgan fingerprint density at radius 2 is 1.81 bits per heavy atom. The maximum Gasteiger partial charge on any atom is 0.329 e. The summed E-state index contributed by atoms with van der Waals surface area (Å²) >= 11 is 0. The number of esters is 1. The fourth-order valence-electron chi connectivity index (χ4n) is 3.26. The van der Waals surface area contributed by atoms with Gasteiger partial charge in [0.1, 0.15) is 6.04 Å². The van der Waals surface area contributed by atoms with Crippen LogP contribution in [-0.4, -0.2) is 35.0 Å². The number of fused-ring (bicyclic) bond motifs is 1. The molecule has 0 spiro atoms. The first-order chi connectivity index (χ1) is 14.9. The zero-order valence-corrected chi connectivity index (χ0v) is 17.5. The fourth-order valence-corrected chi connectivity index (χ4v) is 3.26. The van der Waals surface area contributed by atoms with E-state index in [-0.39, 0.29) is 6.42 Å². The van der Waals surface area contributed by atoms with E-state index in [0.717, 1.165) is 28.5 Å². The van der Waals surface area contributed by atoms with Crippen LogP contribution in [0.25, 0.3) is 10.9 Å². The van der Waals surface area contributed by atoms with Crippen LogP contribution < -0.4 is 16.4 Å². The second-order valence-corrected chi connectivity index (χ2v) is 7.24. The lowest BCUT2D eigenvalue weighted by Crippen LogP contribution is -2.47. The van der Waals surface area contributed by atoms with Crippen LogP contribution in [0, 0.1) is 0 Å². The fraction of sp³-hybridized carbons (Fsp3) is 0.261. The van der Waals surface area contributed by atoms with E-state index < -0.39 is 30.1 Å². The van der Waals surface area contributed by atoms with Crippen molar-refractivity contribution in [1.29, 1.82) is 0 Å². The van der Waals surface area contributed by atoms with Crippen LogP contribution in [0.3, 0.4) is 0 Å². The van der Waals surface area contributed by atoms with Crippen LogP contribution in [-0.2, 0) is 27.2 Å². The van der Waals surface area contributed by atoms with Gasteiger partial charge in [-0.1, -0.05) is 37.3 Å². The molecule has 0 aliphatic rings. The normalized spacial score (nSPS) is 12.7. The number of nitrogens with one attached hydrogen (secondary N) is 3. The van der Waals surface area contributed by atoms with Gasteiger partial charge in [0.2, 0.25) is 0 Å². The predicted molar refractivity (Wildman–Crippen MR) is 119 cm³/mol. The maximum atomic E-state index is 12.7. The molecule has 0 saturated heterocycles. The van der Waals surface area contributed by atoms with Gasteiger partial charge < -0.3 is 26.1 Å². The summed E-state index contributed by atoms with van der Waals surface area (Å²) < 4.78 is 5.32. The van der Waals surface area contributed by atoms with Gasteiger partial charge in [-0.3, -0.25) is 4.79 Å². The van der Waals surface area contributed by atoms with Crippen molar-refractivity contribution in [2.45, 2.75) is 38.8 Å². The monoisotopic (exact) mass is 422 g/mol. The third-order valence-corrected chi connectivity index (χ3v) is 4.99. The van der Waals surface area contributed by atoms with Gasteiger partial charge in [0, 0.05) is 29.2 Å². The number of nitrogens with two attached hydrogens (primary N) is 1. The Kier molecular flexibility index (Phi) is 6.92. The molecule has 0 bridgehead atoms. The van der Waals surface area contributed by atoms with Gasteiger partial charge in [-0.05, 0) is 42.7 Å². The number of benzene rings is 2. The van der Waals surface area contributed by atoms with Crippen molar-refractivity contribution in [1.82, 2.24) is 10.3 Å². The van der Waals surface area contributed by atoms with E-state index in [1.165, 1.54) is 6.92 Å². The number of ether oxygens (including phenoxy) is 1. The number of H-pyrrole nitrogens is 1. The van der Waals surface area contributed by atoms with Gasteiger partial charge in [-0.2, -0.15) is 0 Å². The number of primary amides is 1. The summed E-state index contributed by atoms with van der Waals surface area (Å²) in [5.74, 6) is -1.21. The zero-order chi connectivity index (χ0) is 22.4. The topological polar surface area (TPSA) is 126 Å². The Labute approximate surface area is 180 Å². The molecule has 1 heterocycles. The van der Waals surface area contributed by atoms with Crippen LogP contribution in [0.1, 0.15) is 25.0 Å². The molecule has 0 aliphatic carbocycles. The molecule has 3 aromatic rings. The number of amides is 3. The Balaban J connectivity index is 1.66. The van der Waals surface area contributed by atoms with E-state index in [4.69, 9.17) is 10.5 Å². The van der Waals surface area contributed by atoms with Crippen molar-refractivity contribution in [3.8, 4) is 0 Å². The lowest BCUT2D eigenvalue weighted by molar-refractivity contribution is -0.155. The average Bonchev–Trinajstić information content (AvgIpc) is 3.16. The molecule has 162 valence electrons. The predicted octanol–water partition coefficient (Wildman–Crippen LogP) is 2.88. The van der Waals surface area contributed by atoms with Gasteiger partial charge in [0.25, 0.3) is 5.91 Å². The standard InChI is InChI=1S/C23H26N4O4/c1-3-15-8-10-17(11-9-15)26-21(28)14(2)31-22(29)20(27-23(24)30)12-16-13-25-19-7-5-4-6-18(16)19/h4-11,13-14,20,25H,3,12H2,1-2H3,(H,26,28)(H3,24,27,30). The van der Waals surface area contributed by atoms with E-state index in [0.29, 0.717) is 5.69 Å². The van der Waals surface area contributed by atoms with E-state index in [9.17, 15) is 14.4 Å². The summed E-state index contributed by atoms with van der Waals surface area (Å²) in [5, 5.41) is 6.05. The molecule has 2 aromatic carbocycles. The lowest BCUT2D eigenvalue weighted by Gasteiger charge is -2.19. The molecule has 2 unspecified atom stereocenters. The molecule has 2 atom stereocenters. The summed E-state index contributed by atoms with van der Waals surface area (Å²) in [6.45, 7) is 3.52. The maximum absolute atomic E-state index is 12.7. The number of carbonyl (C=O) groups excluding carboxylic acids is 3. The second kappa shape index (κ2) is 9.80. The molecule has 1 aromatic heterocycles. The number of hydrogen-bond acceptors (Lipinski definition) is 4. The molecule has 0 saturated carbocycles. The van der Waals surface area contributed by atoms with Gasteiger partial charge in [-0.25, -0.2) is 9.59 Å². The molecular formula is C23H26N4O4. The first kappa shape index (κ1) is 21.9. The van der Waals surface area contributed by atoms with Crippen molar-refractivity contribution in [3.63, 3.8) is 0 Å². The minimum absolute atomic E-state index is 0.165. The van der Waals surface area contributed by atoms with E-state index in [1.54, 1.807) is 18.3 Å². The Morgan fingerprint density at radius 1 is 1.10 bits per heavy atom. The average molecular weight is 422 g/mol. The molecule has 31 heavy (non-hydrogen) atoms. The van der Waals surface area contributed by atoms with Gasteiger partial charge in [0.05, 0.1) is 0 Å². The number of aryl methyl sites for hydroxylation is 1. The highest BCUT2D eigenvalue weighted by Gasteiger charge is 2.27. The van der Waals surface area contributed by atoms with E-state index in [1.807, 2.05) is 43.3 Å². The van der Waals surface area contributed by atoms with Crippen molar-refractivity contribution in [2.24, 2.45) is 5.73 Å². The number of urea groups is 1. The number of anilines is 1. The molecule has 3 amide bonds. The number of para-hydroxylation sites is 1. The van der Waals surface area contributed by atoms with Crippen molar-refractivity contribution < 1.29 is 19.1 Å². The molecule has 0 radical (unpaired) electrons. The highest BCUT2D eigenvalue weighted by molar-refractivity contribution is 5.95. The molecule has 5 N–H and O–H groups in total. The number of aromatic nitrogens is 1. The molecule has 3 rings (SSSR count). The first-order valence-corrected chi connectivity index (χ1v) is 10.1. The van der Waals surface area contributed by atoms with Gasteiger partial charge in [-0.15, -0.1) is 0 Å². The van der Waals surface area contributed by atoms with Crippen LogP contribution >= 0.6 is 0 Å². The smallest absolute Gasteiger partial charge is 0.329 e. The third kappa shape index (κ3) is 5.63. The lowest BCUT2D eigenvalue weighted by atomic mass is 10.1. The summed E-state index contributed by atoms with van der Waals surface area (Å²) in [7, 11) is 0. The first-order valence-electron chi connectivity index (χ1n) is 10.1. The van der Waals surface area contributed by atoms with Crippen LogP contribution in [0.2, 0.25) is 0 Å². The number of aromatic amines is 1. The minimum Gasteiger partial charge on any atom is -0.451 e. The highest BCUT2D eigenvalue weighted by atomic mass is 16.5. The third-order valence-electron chi connectivity index (χ3n) is 4.99. The largest absolute Gasteiger partial charge is 0.451 e. The van der Waals surface area contributed by atoms with E-state index >= 15 is 0 Å². The highest BCUT2D eigenvalue weighted by Crippen LogP contribution is 2.19. The number of hydrogen-bond donors (Lipinski definition) is 4. The molecule has 0 fully saturated rings. The summed E-state index contributed by atoms with van der Waals surface area (Å²) in [4.78, 5) is 39.7. The van der Waals surface area contributed by atoms with Crippen LogP contribution in [0.15, 0.2) is 54.7 Å². The molecule has 8 heteroatoms. The Bertz CT molecular complexity index is 1070. The van der Waals surface area contributed by atoms with Gasteiger partial charge in [0.15, 0.2) is 6.10 Å². The van der Waals surface area contributed by atoms with Crippen molar-refractivity contribution in [3.05, 3.63) is 65.9 Å². The van der Waals surface area contributed by atoms with Crippen molar-refractivity contribution >= 4 is 34.5 Å². The minimum atomic E-state index is -1.06. The van der Waals surface area contributed by atoms with Crippen LogP contribution in [0.4, 0.5) is 10.5 Å². The number of rotatable bonds is 8. The molecule has 0 aliphatic heterocycles. The number of carbonyl (C=O) groups is 3. The Morgan fingerprint density at radius 3 is 2.48 bits per heavy atom. The molecule has 8 nitrogen and oxygen atoms in total.